The highest BCUT2D eigenvalue weighted by molar-refractivity contribution is 7.17. The molecular formula is C32H30F2N4O3S. The lowest BCUT2D eigenvalue weighted by Crippen LogP contribution is -2.34. The van der Waals surface area contributed by atoms with E-state index in [-0.39, 0.29) is 29.9 Å². The summed E-state index contributed by atoms with van der Waals surface area (Å²) in [6.45, 7) is 3.43. The molecule has 7 nitrogen and oxygen atoms in total. The molecule has 1 fully saturated rings. The van der Waals surface area contributed by atoms with Gasteiger partial charge in [-0.2, -0.15) is 0 Å². The molecule has 216 valence electrons. The number of carbonyl (C=O) groups is 2. The molecule has 2 aromatic carbocycles. The number of aromatic nitrogens is 1. The SMILES string of the molecule is Cc1cccc(F)c1NC(=O)c1cc2c(s1)-c1ccc(F)cc1N(C(=O)c1cccc(N(C)CC3CCCO3)n1)CC2. The van der Waals surface area contributed by atoms with Gasteiger partial charge < -0.3 is 19.9 Å². The van der Waals surface area contributed by atoms with Crippen LogP contribution in [0.25, 0.3) is 10.4 Å². The second-order valence-electron chi connectivity index (χ2n) is 10.6. The van der Waals surface area contributed by atoms with E-state index in [4.69, 9.17) is 4.74 Å². The van der Waals surface area contributed by atoms with Crippen LogP contribution in [0.1, 0.15) is 44.1 Å². The average molecular weight is 589 g/mol. The normalized spacial score (nSPS) is 16.0. The van der Waals surface area contributed by atoms with E-state index in [9.17, 15) is 18.4 Å². The molecule has 42 heavy (non-hydrogen) atoms. The third kappa shape index (κ3) is 5.52. The molecule has 2 aromatic heterocycles. The minimum atomic E-state index is -0.507. The van der Waals surface area contributed by atoms with E-state index in [2.05, 4.69) is 10.3 Å². The van der Waals surface area contributed by atoms with E-state index in [1.807, 2.05) is 18.0 Å². The van der Waals surface area contributed by atoms with Crippen LogP contribution in [0.15, 0.2) is 60.7 Å². The largest absolute Gasteiger partial charge is 0.376 e. The fraction of sp³-hybridized carbons (Fsp3) is 0.281. The quantitative estimate of drug-likeness (QED) is 0.280. The van der Waals surface area contributed by atoms with Gasteiger partial charge in [0.15, 0.2) is 0 Å². The Kier molecular flexibility index (Phi) is 7.74. The zero-order valence-electron chi connectivity index (χ0n) is 23.3. The molecule has 0 aliphatic carbocycles. The molecule has 0 spiro atoms. The summed E-state index contributed by atoms with van der Waals surface area (Å²) in [5.74, 6) is -1.08. The molecule has 4 heterocycles. The smallest absolute Gasteiger partial charge is 0.276 e. The van der Waals surface area contributed by atoms with Crippen LogP contribution < -0.4 is 15.1 Å². The summed E-state index contributed by atoms with van der Waals surface area (Å²) in [5, 5.41) is 2.69. The van der Waals surface area contributed by atoms with Crippen LogP contribution in [0.3, 0.4) is 0 Å². The molecule has 0 saturated carbocycles. The molecule has 1 saturated heterocycles. The molecule has 1 N–H and O–H groups in total. The minimum absolute atomic E-state index is 0.137. The lowest BCUT2D eigenvalue weighted by atomic mass is 10.1. The second kappa shape index (κ2) is 11.6. The Hall–Kier alpha value is -4.15. The Morgan fingerprint density at radius 3 is 2.76 bits per heavy atom. The summed E-state index contributed by atoms with van der Waals surface area (Å²) >= 11 is 1.24. The number of benzene rings is 2. The standard InChI is InChI=1S/C32H30F2N4O3S/c1-19-6-3-8-24(34)29(19)36-31(39)27-16-20-13-14-38(26-17-21(33)11-12-23(26)30(20)42-27)32(40)25-9-4-10-28(35-25)37(2)18-22-7-5-15-41-22/h3-4,6,8-12,16-17,22H,5,7,13-15,18H2,1-2H3,(H,36,39). The summed E-state index contributed by atoms with van der Waals surface area (Å²) in [4.78, 5) is 36.4. The van der Waals surface area contributed by atoms with Crippen LogP contribution in [-0.2, 0) is 11.2 Å². The number of hydrogen-bond acceptors (Lipinski definition) is 6. The van der Waals surface area contributed by atoms with Crippen LogP contribution in [0.4, 0.5) is 26.0 Å². The Morgan fingerprint density at radius 1 is 1.14 bits per heavy atom. The number of aryl methyl sites for hydroxylation is 1. The number of hydrogen-bond donors (Lipinski definition) is 1. The van der Waals surface area contributed by atoms with Gasteiger partial charge in [0.05, 0.1) is 22.4 Å². The van der Waals surface area contributed by atoms with Gasteiger partial charge in [-0.1, -0.05) is 18.2 Å². The van der Waals surface area contributed by atoms with Gasteiger partial charge in [0.25, 0.3) is 11.8 Å². The average Bonchev–Trinajstić information content (AvgIpc) is 3.63. The van der Waals surface area contributed by atoms with E-state index in [1.54, 1.807) is 48.2 Å². The zero-order chi connectivity index (χ0) is 29.4. The maximum Gasteiger partial charge on any atom is 0.276 e. The number of ether oxygens (including phenoxy) is 1. The number of anilines is 3. The topological polar surface area (TPSA) is 74.8 Å². The molecule has 2 aliphatic rings. The number of amides is 2. The van der Waals surface area contributed by atoms with Crippen molar-refractivity contribution in [2.24, 2.45) is 0 Å². The molecule has 1 atom stereocenters. The number of likely N-dealkylation sites (N-methyl/N-ethyl adjacent to an activating group) is 1. The number of fused-ring (bicyclic) bond motifs is 3. The first kappa shape index (κ1) is 28.0. The molecule has 2 amide bonds. The first-order valence-corrected chi connectivity index (χ1v) is 14.7. The van der Waals surface area contributed by atoms with E-state index >= 15 is 0 Å². The minimum Gasteiger partial charge on any atom is -0.376 e. The summed E-state index contributed by atoms with van der Waals surface area (Å²) in [6, 6.07) is 16.0. The van der Waals surface area contributed by atoms with E-state index in [0.717, 1.165) is 29.9 Å². The number of nitrogens with one attached hydrogen (secondary N) is 1. The number of pyridine rings is 1. The van der Waals surface area contributed by atoms with Gasteiger partial charge in [-0.25, -0.2) is 13.8 Å². The summed E-state index contributed by atoms with van der Waals surface area (Å²) < 4.78 is 34.7. The van der Waals surface area contributed by atoms with Gasteiger partial charge in [-0.3, -0.25) is 9.59 Å². The number of halogens is 2. The fourth-order valence-electron chi connectivity index (χ4n) is 5.48. The number of nitrogens with zero attached hydrogens (tertiary/aromatic N) is 3. The highest BCUT2D eigenvalue weighted by atomic mass is 32.1. The Bertz CT molecular complexity index is 1650. The third-order valence-electron chi connectivity index (χ3n) is 7.68. The molecular weight excluding hydrogens is 558 g/mol. The summed E-state index contributed by atoms with van der Waals surface area (Å²) in [7, 11) is 1.92. The van der Waals surface area contributed by atoms with Crippen LogP contribution in [0.5, 0.6) is 0 Å². The van der Waals surface area contributed by atoms with Gasteiger partial charge >= 0.3 is 0 Å². The van der Waals surface area contributed by atoms with Crippen molar-refractivity contribution in [2.45, 2.75) is 32.3 Å². The highest BCUT2D eigenvalue weighted by Gasteiger charge is 2.29. The predicted molar refractivity (Wildman–Crippen MR) is 161 cm³/mol. The van der Waals surface area contributed by atoms with Gasteiger partial charge in [0.2, 0.25) is 0 Å². The summed E-state index contributed by atoms with van der Waals surface area (Å²) in [5.41, 5.74) is 2.94. The molecule has 4 aromatic rings. The van der Waals surface area contributed by atoms with Crippen LogP contribution in [-0.4, -0.2) is 49.6 Å². The predicted octanol–water partition coefficient (Wildman–Crippen LogP) is 6.47. The van der Waals surface area contributed by atoms with Gasteiger partial charge in [-0.05, 0) is 79.8 Å². The lowest BCUT2D eigenvalue weighted by molar-refractivity contribution is 0.0981. The Balaban J connectivity index is 1.28. The van der Waals surface area contributed by atoms with Crippen molar-refractivity contribution in [1.82, 2.24) is 4.98 Å². The van der Waals surface area contributed by atoms with Crippen molar-refractivity contribution in [3.8, 4) is 10.4 Å². The van der Waals surface area contributed by atoms with Gasteiger partial charge in [0, 0.05) is 37.2 Å². The van der Waals surface area contributed by atoms with E-state index < -0.39 is 17.5 Å². The van der Waals surface area contributed by atoms with Crippen molar-refractivity contribution < 1.29 is 23.1 Å². The van der Waals surface area contributed by atoms with Crippen LogP contribution in [0.2, 0.25) is 0 Å². The van der Waals surface area contributed by atoms with Crippen molar-refractivity contribution >= 4 is 40.3 Å². The molecule has 0 bridgehead atoms. The first-order chi connectivity index (χ1) is 20.3. The Morgan fingerprint density at radius 2 is 1.98 bits per heavy atom. The first-order valence-electron chi connectivity index (χ1n) is 13.9. The van der Waals surface area contributed by atoms with Crippen molar-refractivity contribution in [3.63, 3.8) is 0 Å². The van der Waals surface area contributed by atoms with Crippen LogP contribution >= 0.6 is 11.3 Å². The summed E-state index contributed by atoms with van der Waals surface area (Å²) in [6.07, 6.45) is 2.62. The van der Waals surface area contributed by atoms with E-state index in [0.29, 0.717) is 40.5 Å². The molecule has 1 unspecified atom stereocenters. The number of carbonyl (C=O) groups excluding carboxylic acids is 2. The zero-order valence-corrected chi connectivity index (χ0v) is 24.1. The van der Waals surface area contributed by atoms with Gasteiger partial charge in [-0.15, -0.1) is 11.3 Å². The highest BCUT2D eigenvalue weighted by Crippen LogP contribution is 2.42. The Labute approximate surface area is 246 Å². The van der Waals surface area contributed by atoms with Crippen molar-refractivity contribution in [1.29, 1.82) is 0 Å². The van der Waals surface area contributed by atoms with E-state index in [1.165, 1.54) is 29.5 Å². The molecule has 10 heteroatoms. The molecule has 0 radical (unpaired) electrons. The fourth-order valence-corrected chi connectivity index (χ4v) is 6.62. The van der Waals surface area contributed by atoms with Crippen molar-refractivity contribution in [2.75, 3.05) is 41.9 Å². The maximum atomic E-state index is 14.6. The maximum absolute atomic E-state index is 14.6. The molecule has 2 aliphatic heterocycles. The third-order valence-corrected chi connectivity index (χ3v) is 8.89. The van der Waals surface area contributed by atoms with Crippen LogP contribution in [0, 0.1) is 18.6 Å². The second-order valence-corrected chi connectivity index (χ2v) is 11.7. The number of para-hydroxylation sites is 1. The monoisotopic (exact) mass is 588 g/mol. The number of rotatable bonds is 6. The van der Waals surface area contributed by atoms with Gasteiger partial charge in [0.1, 0.15) is 23.1 Å². The molecule has 6 rings (SSSR count). The van der Waals surface area contributed by atoms with Crippen molar-refractivity contribution in [3.05, 3.63) is 94.0 Å². The number of thiophene rings is 1. The lowest BCUT2D eigenvalue weighted by Gasteiger charge is -2.25.